The number of para-hydroxylation sites is 3. The van der Waals surface area contributed by atoms with Crippen LogP contribution in [0.3, 0.4) is 0 Å². The van der Waals surface area contributed by atoms with Crippen molar-refractivity contribution in [2.24, 2.45) is 0 Å². The normalized spacial score (nSPS) is 10.2. The van der Waals surface area contributed by atoms with Crippen molar-refractivity contribution in [3.63, 3.8) is 0 Å². The summed E-state index contributed by atoms with van der Waals surface area (Å²) < 4.78 is 5.55. The zero-order chi connectivity index (χ0) is 18.4. The summed E-state index contributed by atoms with van der Waals surface area (Å²) in [6.07, 6.45) is 3.29. The average molecular weight is 347 g/mol. The van der Waals surface area contributed by atoms with E-state index in [0.717, 1.165) is 11.4 Å². The first-order chi connectivity index (χ1) is 12.7. The summed E-state index contributed by atoms with van der Waals surface area (Å²) >= 11 is 0. The molecule has 0 atom stereocenters. The van der Waals surface area contributed by atoms with Gasteiger partial charge in [-0.2, -0.15) is 0 Å². The second-order valence-corrected chi connectivity index (χ2v) is 5.71. The van der Waals surface area contributed by atoms with Gasteiger partial charge in [0.15, 0.2) is 0 Å². The van der Waals surface area contributed by atoms with Gasteiger partial charge in [-0.1, -0.05) is 30.3 Å². The highest BCUT2D eigenvalue weighted by Crippen LogP contribution is 2.26. The van der Waals surface area contributed by atoms with Crippen LogP contribution in [0.4, 0.5) is 17.1 Å². The van der Waals surface area contributed by atoms with Crippen LogP contribution in [0.25, 0.3) is 0 Å². The standard InChI is InChI=1S/C21H21N3O2/c1-3-26-20-12-8-7-11-19(20)23-21(25)16-13-18(15-22-14-16)24(2)17-9-5-4-6-10-17/h4-15H,3H2,1-2H3,(H,23,25). The molecule has 0 spiro atoms. The Kier molecular flexibility index (Phi) is 5.49. The molecule has 0 aliphatic rings. The van der Waals surface area contributed by atoms with Gasteiger partial charge in [0.05, 0.1) is 29.7 Å². The third-order valence-corrected chi connectivity index (χ3v) is 3.95. The van der Waals surface area contributed by atoms with Gasteiger partial charge in [0.25, 0.3) is 5.91 Å². The van der Waals surface area contributed by atoms with Crippen LogP contribution in [0.2, 0.25) is 0 Å². The van der Waals surface area contributed by atoms with Gasteiger partial charge in [-0.05, 0) is 37.3 Å². The summed E-state index contributed by atoms with van der Waals surface area (Å²) in [5.74, 6) is 0.418. The maximum absolute atomic E-state index is 12.7. The van der Waals surface area contributed by atoms with Crippen molar-refractivity contribution in [1.29, 1.82) is 0 Å². The molecule has 1 aromatic heterocycles. The number of carbonyl (C=O) groups excluding carboxylic acids is 1. The van der Waals surface area contributed by atoms with E-state index >= 15 is 0 Å². The van der Waals surface area contributed by atoms with E-state index in [1.54, 1.807) is 12.4 Å². The molecule has 0 radical (unpaired) electrons. The molecule has 5 nitrogen and oxygen atoms in total. The zero-order valence-electron chi connectivity index (χ0n) is 14.8. The number of rotatable bonds is 6. The SMILES string of the molecule is CCOc1ccccc1NC(=O)c1cncc(N(C)c2ccccc2)c1. The molecule has 26 heavy (non-hydrogen) atoms. The number of carbonyl (C=O) groups is 1. The topological polar surface area (TPSA) is 54.5 Å². The molecular weight excluding hydrogens is 326 g/mol. The van der Waals surface area contributed by atoms with Crippen molar-refractivity contribution in [2.75, 3.05) is 23.9 Å². The third kappa shape index (κ3) is 4.00. The summed E-state index contributed by atoms with van der Waals surface area (Å²) in [6.45, 7) is 2.44. The Morgan fingerprint density at radius 3 is 2.54 bits per heavy atom. The Labute approximate surface area is 153 Å². The van der Waals surface area contributed by atoms with Crippen molar-refractivity contribution < 1.29 is 9.53 Å². The smallest absolute Gasteiger partial charge is 0.257 e. The Balaban J connectivity index is 1.81. The lowest BCUT2D eigenvalue weighted by molar-refractivity contribution is 0.102. The first kappa shape index (κ1) is 17.5. The predicted molar refractivity (Wildman–Crippen MR) is 104 cm³/mol. The molecule has 1 amide bonds. The molecule has 132 valence electrons. The number of hydrogen-bond donors (Lipinski definition) is 1. The Hall–Kier alpha value is -3.34. The maximum atomic E-state index is 12.7. The first-order valence-electron chi connectivity index (χ1n) is 8.46. The van der Waals surface area contributed by atoms with E-state index in [2.05, 4.69) is 10.3 Å². The number of ether oxygens (including phenoxy) is 1. The summed E-state index contributed by atoms with van der Waals surface area (Å²) in [5, 5.41) is 2.90. The number of benzene rings is 2. The highest BCUT2D eigenvalue weighted by atomic mass is 16.5. The van der Waals surface area contributed by atoms with Gasteiger partial charge in [-0.3, -0.25) is 9.78 Å². The van der Waals surface area contributed by atoms with Crippen LogP contribution in [0, 0.1) is 0 Å². The fourth-order valence-electron chi connectivity index (χ4n) is 2.58. The monoisotopic (exact) mass is 347 g/mol. The van der Waals surface area contributed by atoms with E-state index in [1.807, 2.05) is 79.5 Å². The third-order valence-electron chi connectivity index (χ3n) is 3.95. The summed E-state index contributed by atoms with van der Waals surface area (Å²) in [6, 6.07) is 19.1. The highest BCUT2D eigenvalue weighted by Gasteiger charge is 2.12. The maximum Gasteiger partial charge on any atom is 0.257 e. The molecule has 0 saturated heterocycles. The number of pyridine rings is 1. The Morgan fingerprint density at radius 2 is 1.77 bits per heavy atom. The molecule has 0 aliphatic heterocycles. The molecule has 5 heteroatoms. The quantitative estimate of drug-likeness (QED) is 0.713. The lowest BCUT2D eigenvalue weighted by Gasteiger charge is -2.19. The van der Waals surface area contributed by atoms with Gasteiger partial charge in [0.2, 0.25) is 0 Å². The minimum Gasteiger partial charge on any atom is -0.492 e. The minimum absolute atomic E-state index is 0.229. The molecule has 0 aliphatic carbocycles. The number of hydrogen-bond acceptors (Lipinski definition) is 4. The van der Waals surface area contributed by atoms with Crippen molar-refractivity contribution >= 4 is 23.0 Å². The summed E-state index contributed by atoms with van der Waals surface area (Å²) in [5.41, 5.74) is 2.98. The van der Waals surface area contributed by atoms with E-state index < -0.39 is 0 Å². The molecule has 0 unspecified atom stereocenters. The molecule has 0 bridgehead atoms. The van der Waals surface area contributed by atoms with Crippen LogP contribution in [0.5, 0.6) is 5.75 Å². The predicted octanol–water partition coefficient (Wildman–Crippen LogP) is 4.50. The first-order valence-corrected chi connectivity index (χ1v) is 8.46. The van der Waals surface area contributed by atoms with Crippen LogP contribution in [0.15, 0.2) is 73.1 Å². The van der Waals surface area contributed by atoms with Gasteiger partial charge < -0.3 is 15.0 Å². The molecule has 1 heterocycles. The Bertz CT molecular complexity index is 881. The number of anilines is 3. The van der Waals surface area contributed by atoms with Crippen molar-refractivity contribution in [3.8, 4) is 5.75 Å². The lowest BCUT2D eigenvalue weighted by atomic mass is 10.2. The second kappa shape index (κ2) is 8.16. The molecule has 1 N–H and O–H groups in total. The molecule has 3 rings (SSSR count). The van der Waals surface area contributed by atoms with Gasteiger partial charge in [0.1, 0.15) is 5.75 Å². The highest BCUT2D eigenvalue weighted by molar-refractivity contribution is 6.05. The minimum atomic E-state index is -0.229. The van der Waals surface area contributed by atoms with Crippen LogP contribution in [0.1, 0.15) is 17.3 Å². The van der Waals surface area contributed by atoms with E-state index in [-0.39, 0.29) is 5.91 Å². The molecular formula is C21H21N3O2. The molecule has 0 fully saturated rings. The summed E-state index contributed by atoms with van der Waals surface area (Å²) in [4.78, 5) is 18.9. The van der Waals surface area contributed by atoms with E-state index in [1.165, 1.54) is 0 Å². The van der Waals surface area contributed by atoms with Crippen molar-refractivity contribution in [3.05, 3.63) is 78.6 Å². The van der Waals surface area contributed by atoms with E-state index in [0.29, 0.717) is 23.6 Å². The van der Waals surface area contributed by atoms with Crippen LogP contribution >= 0.6 is 0 Å². The van der Waals surface area contributed by atoms with Crippen molar-refractivity contribution in [2.45, 2.75) is 6.92 Å². The molecule has 0 saturated carbocycles. The zero-order valence-corrected chi connectivity index (χ0v) is 14.8. The largest absolute Gasteiger partial charge is 0.492 e. The number of aromatic nitrogens is 1. The Morgan fingerprint density at radius 1 is 1.04 bits per heavy atom. The number of nitrogens with one attached hydrogen (secondary N) is 1. The fraction of sp³-hybridized carbons (Fsp3) is 0.143. The lowest BCUT2D eigenvalue weighted by Crippen LogP contribution is -2.15. The van der Waals surface area contributed by atoms with Crippen LogP contribution < -0.4 is 15.0 Å². The van der Waals surface area contributed by atoms with E-state index in [4.69, 9.17) is 4.74 Å². The molecule has 2 aromatic carbocycles. The van der Waals surface area contributed by atoms with Gasteiger partial charge >= 0.3 is 0 Å². The summed E-state index contributed by atoms with van der Waals surface area (Å²) in [7, 11) is 1.94. The molecule has 3 aromatic rings. The fourth-order valence-corrected chi connectivity index (χ4v) is 2.58. The van der Waals surface area contributed by atoms with Gasteiger partial charge in [0, 0.05) is 18.9 Å². The van der Waals surface area contributed by atoms with Crippen LogP contribution in [-0.2, 0) is 0 Å². The average Bonchev–Trinajstić information content (AvgIpc) is 2.70. The number of nitrogens with zero attached hydrogens (tertiary/aromatic N) is 2. The van der Waals surface area contributed by atoms with Gasteiger partial charge in [-0.25, -0.2) is 0 Å². The van der Waals surface area contributed by atoms with Crippen LogP contribution in [-0.4, -0.2) is 24.5 Å². The number of amides is 1. The van der Waals surface area contributed by atoms with E-state index in [9.17, 15) is 4.79 Å². The van der Waals surface area contributed by atoms with Gasteiger partial charge in [-0.15, -0.1) is 0 Å². The van der Waals surface area contributed by atoms with Crippen molar-refractivity contribution in [1.82, 2.24) is 4.98 Å². The second-order valence-electron chi connectivity index (χ2n) is 5.71.